The summed E-state index contributed by atoms with van der Waals surface area (Å²) in [4.78, 5) is 6.64. The normalized spacial score (nSPS) is 11.2. The van der Waals surface area contributed by atoms with Gasteiger partial charge in [-0.1, -0.05) is 29.8 Å². The summed E-state index contributed by atoms with van der Waals surface area (Å²) in [7, 11) is 1.97. The second kappa shape index (κ2) is 4.96. The minimum absolute atomic E-state index is 0.572. The zero-order chi connectivity index (χ0) is 15.1. The molecule has 4 aromatic rings. The van der Waals surface area contributed by atoms with Crippen LogP contribution in [0.2, 0.25) is 5.02 Å². The molecular formula is C16H12ClN5. The van der Waals surface area contributed by atoms with Crippen molar-refractivity contribution in [3.63, 3.8) is 0 Å². The fourth-order valence-corrected chi connectivity index (χ4v) is 2.75. The van der Waals surface area contributed by atoms with E-state index in [-0.39, 0.29) is 0 Å². The summed E-state index contributed by atoms with van der Waals surface area (Å²) in [6.45, 7) is 0. The van der Waals surface area contributed by atoms with Crippen LogP contribution in [0.25, 0.3) is 16.7 Å². The first-order valence-corrected chi connectivity index (χ1v) is 7.19. The van der Waals surface area contributed by atoms with Crippen LogP contribution >= 0.6 is 11.6 Å². The van der Waals surface area contributed by atoms with Gasteiger partial charge in [0.05, 0.1) is 5.52 Å². The van der Waals surface area contributed by atoms with Crippen LogP contribution in [-0.2, 0) is 0 Å². The van der Waals surface area contributed by atoms with Gasteiger partial charge >= 0.3 is 0 Å². The standard InChI is InChI=1S/C16H12ClN5/c1-21(12-6-4-5-11(17)9-12)15-13-7-2-3-8-14(13)22-10-18-20-16(22)19-15/h2-10H,1H3. The van der Waals surface area contributed by atoms with Crippen LogP contribution in [0.3, 0.4) is 0 Å². The van der Waals surface area contributed by atoms with Crippen molar-refractivity contribution in [2.45, 2.75) is 0 Å². The molecule has 5 nitrogen and oxygen atoms in total. The minimum atomic E-state index is 0.572. The summed E-state index contributed by atoms with van der Waals surface area (Å²) < 4.78 is 1.88. The van der Waals surface area contributed by atoms with E-state index >= 15 is 0 Å². The molecule has 108 valence electrons. The van der Waals surface area contributed by atoms with Gasteiger partial charge in [0.15, 0.2) is 0 Å². The highest BCUT2D eigenvalue weighted by Crippen LogP contribution is 2.30. The SMILES string of the molecule is CN(c1cccc(Cl)c1)c1nc2nncn2c2ccccc12. The Hall–Kier alpha value is -2.66. The lowest BCUT2D eigenvalue weighted by Gasteiger charge is -2.20. The molecule has 0 radical (unpaired) electrons. The summed E-state index contributed by atoms with van der Waals surface area (Å²) in [5.41, 5.74) is 1.98. The van der Waals surface area contributed by atoms with Crippen LogP contribution in [0.5, 0.6) is 0 Å². The monoisotopic (exact) mass is 309 g/mol. The molecule has 0 bridgehead atoms. The highest BCUT2D eigenvalue weighted by Gasteiger charge is 2.14. The summed E-state index contributed by atoms with van der Waals surface area (Å²) >= 11 is 6.10. The Kier molecular flexibility index (Phi) is 2.94. The molecule has 0 atom stereocenters. The van der Waals surface area contributed by atoms with E-state index in [0.29, 0.717) is 10.8 Å². The van der Waals surface area contributed by atoms with Crippen molar-refractivity contribution in [2.24, 2.45) is 0 Å². The molecule has 22 heavy (non-hydrogen) atoms. The van der Waals surface area contributed by atoms with Crippen LogP contribution in [0.1, 0.15) is 0 Å². The second-order valence-electron chi connectivity index (χ2n) is 4.99. The Morgan fingerprint density at radius 2 is 1.95 bits per heavy atom. The van der Waals surface area contributed by atoms with E-state index in [0.717, 1.165) is 22.4 Å². The van der Waals surface area contributed by atoms with Crippen LogP contribution in [0, 0.1) is 0 Å². The summed E-state index contributed by atoms with van der Waals surface area (Å²) in [5.74, 6) is 1.39. The smallest absolute Gasteiger partial charge is 0.257 e. The van der Waals surface area contributed by atoms with E-state index in [1.165, 1.54) is 0 Å². The van der Waals surface area contributed by atoms with Crippen LogP contribution in [0.15, 0.2) is 54.9 Å². The highest BCUT2D eigenvalue weighted by atomic mass is 35.5. The fraction of sp³-hybridized carbons (Fsp3) is 0.0625. The molecule has 2 aromatic heterocycles. The second-order valence-corrected chi connectivity index (χ2v) is 5.43. The molecule has 0 aliphatic carbocycles. The summed E-state index contributed by atoms with van der Waals surface area (Å²) in [6.07, 6.45) is 1.67. The van der Waals surface area contributed by atoms with E-state index in [1.54, 1.807) is 6.33 Å². The lowest BCUT2D eigenvalue weighted by atomic mass is 10.2. The quantitative estimate of drug-likeness (QED) is 0.566. The van der Waals surface area contributed by atoms with Crippen molar-refractivity contribution >= 4 is 39.8 Å². The maximum Gasteiger partial charge on any atom is 0.257 e. The molecule has 0 saturated heterocycles. The third-order valence-electron chi connectivity index (χ3n) is 3.65. The van der Waals surface area contributed by atoms with Crippen LogP contribution in [0.4, 0.5) is 11.5 Å². The number of hydrogen-bond donors (Lipinski definition) is 0. The van der Waals surface area contributed by atoms with Crippen molar-refractivity contribution in [1.29, 1.82) is 0 Å². The van der Waals surface area contributed by atoms with Crippen molar-refractivity contribution in [1.82, 2.24) is 19.6 Å². The van der Waals surface area contributed by atoms with Crippen molar-refractivity contribution in [2.75, 3.05) is 11.9 Å². The van der Waals surface area contributed by atoms with Gasteiger partial charge in [-0.3, -0.25) is 4.40 Å². The molecule has 0 spiro atoms. The van der Waals surface area contributed by atoms with Gasteiger partial charge in [0.1, 0.15) is 12.1 Å². The predicted molar refractivity (Wildman–Crippen MR) is 87.8 cm³/mol. The first-order valence-electron chi connectivity index (χ1n) is 6.82. The number of aromatic nitrogens is 4. The molecule has 0 fully saturated rings. The third kappa shape index (κ3) is 1.98. The topological polar surface area (TPSA) is 46.3 Å². The first kappa shape index (κ1) is 13.0. The Bertz CT molecular complexity index is 979. The Morgan fingerprint density at radius 1 is 1.09 bits per heavy atom. The molecule has 6 heteroatoms. The maximum atomic E-state index is 6.10. The van der Waals surface area contributed by atoms with Crippen molar-refractivity contribution in [3.8, 4) is 0 Å². The number of fused-ring (bicyclic) bond motifs is 3. The largest absolute Gasteiger partial charge is 0.329 e. The van der Waals surface area contributed by atoms with Gasteiger partial charge in [-0.15, -0.1) is 10.2 Å². The molecule has 0 amide bonds. The Morgan fingerprint density at radius 3 is 2.82 bits per heavy atom. The number of rotatable bonds is 2. The molecule has 0 aliphatic heterocycles. The predicted octanol–water partition coefficient (Wildman–Crippen LogP) is 3.70. The van der Waals surface area contributed by atoms with Crippen molar-refractivity contribution in [3.05, 3.63) is 59.9 Å². The molecule has 0 unspecified atom stereocenters. The molecule has 0 aliphatic rings. The average molecular weight is 310 g/mol. The number of benzene rings is 2. The number of nitrogens with zero attached hydrogens (tertiary/aromatic N) is 5. The van der Waals surface area contributed by atoms with E-state index in [4.69, 9.17) is 11.6 Å². The van der Waals surface area contributed by atoms with Gasteiger partial charge in [0.25, 0.3) is 5.78 Å². The Balaban J connectivity index is 2.00. The van der Waals surface area contributed by atoms with E-state index in [2.05, 4.69) is 15.2 Å². The number of para-hydroxylation sites is 1. The zero-order valence-corrected chi connectivity index (χ0v) is 12.6. The third-order valence-corrected chi connectivity index (χ3v) is 3.89. The number of halogens is 1. The molecular weight excluding hydrogens is 298 g/mol. The van der Waals surface area contributed by atoms with Crippen LogP contribution in [-0.4, -0.2) is 26.6 Å². The van der Waals surface area contributed by atoms with E-state index in [1.807, 2.05) is 64.9 Å². The van der Waals surface area contributed by atoms with Crippen molar-refractivity contribution < 1.29 is 0 Å². The first-order chi connectivity index (χ1) is 10.7. The minimum Gasteiger partial charge on any atom is -0.329 e. The van der Waals surface area contributed by atoms with Gasteiger partial charge in [-0.25, -0.2) is 0 Å². The molecule has 0 saturated carbocycles. The molecule has 4 rings (SSSR count). The fourth-order valence-electron chi connectivity index (χ4n) is 2.57. The van der Waals surface area contributed by atoms with Gasteiger partial charge < -0.3 is 4.90 Å². The lowest BCUT2D eigenvalue weighted by molar-refractivity contribution is 1.08. The van der Waals surface area contributed by atoms with Gasteiger partial charge in [0, 0.05) is 23.1 Å². The average Bonchev–Trinajstić information content (AvgIpc) is 3.02. The molecule has 2 heterocycles. The lowest BCUT2D eigenvalue weighted by Crippen LogP contribution is -2.12. The highest BCUT2D eigenvalue weighted by molar-refractivity contribution is 6.30. The van der Waals surface area contributed by atoms with Gasteiger partial charge in [0.2, 0.25) is 0 Å². The molecule has 2 aromatic carbocycles. The van der Waals surface area contributed by atoms with E-state index < -0.39 is 0 Å². The summed E-state index contributed by atoms with van der Waals surface area (Å²) in [6, 6.07) is 15.7. The number of anilines is 2. The van der Waals surface area contributed by atoms with Crippen LogP contribution < -0.4 is 4.90 Å². The summed E-state index contributed by atoms with van der Waals surface area (Å²) in [5, 5.41) is 9.74. The number of hydrogen-bond acceptors (Lipinski definition) is 4. The maximum absolute atomic E-state index is 6.10. The van der Waals surface area contributed by atoms with Gasteiger partial charge in [-0.05, 0) is 30.3 Å². The van der Waals surface area contributed by atoms with Gasteiger partial charge in [-0.2, -0.15) is 4.98 Å². The van der Waals surface area contributed by atoms with E-state index in [9.17, 15) is 0 Å². The Labute approximate surface area is 131 Å². The molecule has 0 N–H and O–H groups in total. The zero-order valence-electron chi connectivity index (χ0n) is 11.8.